The van der Waals surface area contributed by atoms with E-state index in [1.807, 2.05) is 0 Å². The highest BCUT2D eigenvalue weighted by Crippen LogP contribution is 2.13. The smallest absolute Gasteiger partial charge is 0.151 e. The van der Waals surface area contributed by atoms with Crippen LogP contribution < -0.4 is 5.32 Å². The summed E-state index contributed by atoms with van der Waals surface area (Å²) < 4.78 is 0. The normalized spacial score (nSPS) is 10.2. The van der Waals surface area contributed by atoms with Gasteiger partial charge >= 0.3 is 0 Å². The molecule has 0 aliphatic rings. The predicted molar refractivity (Wildman–Crippen MR) is 62.7 cm³/mol. The van der Waals surface area contributed by atoms with Gasteiger partial charge in [0.05, 0.1) is 12.2 Å². The fraction of sp³-hybridized carbons (Fsp3) is 0.545. The molecule has 0 aliphatic carbocycles. The van der Waals surface area contributed by atoms with Crippen LogP contribution in [0.5, 0.6) is 0 Å². The van der Waals surface area contributed by atoms with Gasteiger partial charge in [0.25, 0.3) is 0 Å². The van der Waals surface area contributed by atoms with Crippen LogP contribution >= 0.6 is 11.6 Å². The Morgan fingerprint density at radius 2 is 2.40 bits per heavy atom. The molecule has 0 saturated heterocycles. The summed E-state index contributed by atoms with van der Waals surface area (Å²) in [6, 6.07) is 0. The number of H-pyrrole nitrogens is 1. The first-order valence-corrected chi connectivity index (χ1v) is 5.53. The summed E-state index contributed by atoms with van der Waals surface area (Å²) in [7, 11) is 0. The van der Waals surface area contributed by atoms with Gasteiger partial charge in [-0.15, -0.1) is 6.42 Å². The van der Waals surface area contributed by atoms with E-state index in [0.717, 1.165) is 30.8 Å². The van der Waals surface area contributed by atoms with E-state index in [1.54, 1.807) is 0 Å². The molecular weight excluding hydrogens is 210 g/mol. The summed E-state index contributed by atoms with van der Waals surface area (Å²) in [5.41, 5.74) is 0.915. The SMILES string of the molecule is C#CCNCc1[nH]c(CCCC)nc1Cl. The van der Waals surface area contributed by atoms with Gasteiger partial charge in [0.1, 0.15) is 5.82 Å². The van der Waals surface area contributed by atoms with E-state index in [4.69, 9.17) is 18.0 Å². The van der Waals surface area contributed by atoms with E-state index in [1.165, 1.54) is 0 Å². The van der Waals surface area contributed by atoms with Gasteiger partial charge in [-0.3, -0.25) is 0 Å². The summed E-state index contributed by atoms with van der Waals surface area (Å²) in [6.45, 7) is 3.34. The molecule has 3 nitrogen and oxygen atoms in total. The molecule has 1 rings (SSSR count). The highest BCUT2D eigenvalue weighted by atomic mass is 35.5. The third-order valence-electron chi connectivity index (χ3n) is 2.07. The standard InChI is InChI=1S/C11H16ClN3/c1-3-5-6-10-14-9(11(12)15-10)8-13-7-4-2/h2,13H,3,5-8H2,1H3,(H,14,15). The van der Waals surface area contributed by atoms with Crippen LogP contribution in [0.2, 0.25) is 5.15 Å². The molecule has 0 aromatic carbocycles. The number of imidazole rings is 1. The Bertz CT molecular complexity index is 338. The predicted octanol–water partition coefficient (Wildman–Crippen LogP) is 2.13. The second kappa shape index (κ2) is 6.49. The van der Waals surface area contributed by atoms with Gasteiger partial charge in [-0.1, -0.05) is 30.9 Å². The minimum Gasteiger partial charge on any atom is -0.344 e. The lowest BCUT2D eigenvalue weighted by Gasteiger charge is -1.97. The average Bonchev–Trinajstić information content (AvgIpc) is 2.57. The highest BCUT2D eigenvalue weighted by molar-refractivity contribution is 6.30. The molecule has 1 heterocycles. The highest BCUT2D eigenvalue weighted by Gasteiger charge is 2.06. The summed E-state index contributed by atoms with van der Waals surface area (Å²) in [5.74, 6) is 3.47. The fourth-order valence-electron chi connectivity index (χ4n) is 1.28. The van der Waals surface area contributed by atoms with Crippen molar-refractivity contribution < 1.29 is 0 Å². The van der Waals surface area contributed by atoms with Crippen molar-refractivity contribution in [2.45, 2.75) is 32.7 Å². The Morgan fingerprint density at radius 3 is 3.07 bits per heavy atom. The number of hydrogen-bond acceptors (Lipinski definition) is 2. The number of hydrogen-bond donors (Lipinski definition) is 2. The first-order chi connectivity index (χ1) is 7.27. The van der Waals surface area contributed by atoms with Crippen molar-refractivity contribution >= 4 is 11.6 Å². The minimum absolute atomic E-state index is 0.541. The lowest BCUT2D eigenvalue weighted by Crippen LogP contribution is -2.13. The maximum absolute atomic E-state index is 5.97. The van der Waals surface area contributed by atoms with Crippen molar-refractivity contribution in [1.82, 2.24) is 15.3 Å². The van der Waals surface area contributed by atoms with Crippen molar-refractivity contribution in [2.75, 3.05) is 6.54 Å². The van der Waals surface area contributed by atoms with Crippen molar-refractivity contribution in [3.8, 4) is 12.3 Å². The fourth-order valence-corrected chi connectivity index (χ4v) is 1.50. The quantitative estimate of drug-likeness (QED) is 0.575. The lowest BCUT2D eigenvalue weighted by molar-refractivity contribution is 0.736. The molecular formula is C11H16ClN3. The van der Waals surface area contributed by atoms with Crippen LogP contribution in [0.4, 0.5) is 0 Å². The molecule has 0 aliphatic heterocycles. The Balaban J connectivity index is 2.49. The molecule has 4 heteroatoms. The molecule has 1 aromatic heterocycles. The summed E-state index contributed by atoms with van der Waals surface area (Å²) in [5, 5.41) is 3.62. The number of unbranched alkanes of at least 4 members (excludes halogenated alkanes) is 1. The van der Waals surface area contributed by atoms with E-state index < -0.39 is 0 Å². The first kappa shape index (κ1) is 12.1. The van der Waals surface area contributed by atoms with Crippen LogP contribution in [0, 0.1) is 12.3 Å². The lowest BCUT2D eigenvalue weighted by atomic mass is 10.2. The second-order valence-electron chi connectivity index (χ2n) is 3.36. The largest absolute Gasteiger partial charge is 0.344 e. The summed E-state index contributed by atoms with van der Waals surface area (Å²) in [6.07, 6.45) is 8.36. The first-order valence-electron chi connectivity index (χ1n) is 5.15. The van der Waals surface area contributed by atoms with Gasteiger partial charge in [-0.05, 0) is 6.42 Å². The molecule has 2 N–H and O–H groups in total. The number of nitrogens with zero attached hydrogens (tertiary/aromatic N) is 1. The van der Waals surface area contributed by atoms with Crippen molar-refractivity contribution in [3.63, 3.8) is 0 Å². The topological polar surface area (TPSA) is 40.7 Å². The second-order valence-corrected chi connectivity index (χ2v) is 3.72. The van der Waals surface area contributed by atoms with E-state index in [0.29, 0.717) is 18.2 Å². The molecule has 0 amide bonds. The number of aromatic nitrogens is 2. The molecule has 0 fully saturated rings. The van der Waals surface area contributed by atoms with Gasteiger partial charge in [0.15, 0.2) is 5.15 Å². The number of nitrogens with one attached hydrogen (secondary N) is 2. The van der Waals surface area contributed by atoms with Crippen LogP contribution in [-0.4, -0.2) is 16.5 Å². The van der Waals surface area contributed by atoms with Crippen LogP contribution in [0.3, 0.4) is 0 Å². The number of aromatic amines is 1. The summed E-state index contributed by atoms with van der Waals surface area (Å²) >= 11 is 5.97. The monoisotopic (exact) mass is 225 g/mol. The molecule has 82 valence electrons. The third-order valence-corrected chi connectivity index (χ3v) is 2.39. The van der Waals surface area contributed by atoms with Crippen molar-refractivity contribution in [3.05, 3.63) is 16.7 Å². The van der Waals surface area contributed by atoms with Crippen LogP contribution in [-0.2, 0) is 13.0 Å². The molecule has 0 radical (unpaired) electrons. The van der Waals surface area contributed by atoms with Crippen LogP contribution in [0.1, 0.15) is 31.3 Å². The Labute approximate surface area is 95.6 Å². The van der Waals surface area contributed by atoms with Gasteiger partial charge in [0, 0.05) is 13.0 Å². The minimum atomic E-state index is 0.541. The maximum Gasteiger partial charge on any atom is 0.151 e. The number of aryl methyl sites for hydroxylation is 1. The zero-order valence-electron chi connectivity index (χ0n) is 8.94. The molecule has 0 unspecified atom stereocenters. The zero-order valence-corrected chi connectivity index (χ0v) is 9.69. The molecule has 15 heavy (non-hydrogen) atoms. The van der Waals surface area contributed by atoms with Crippen molar-refractivity contribution in [1.29, 1.82) is 0 Å². The van der Waals surface area contributed by atoms with Gasteiger partial charge in [-0.25, -0.2) is 4.98 Å². The number of halogens is 1. The van der Waals surface area contributed by atoms with Gasteiger partial charge < -0.3 is 10.3 Å². The van der Waals surface area contributed by atoms with E-state index in [2.05, 4.69) is 28.1 Å². The number of terminal acetylenes is 1. The van der Waals surface area contributed by atoms with Gasteiger partial charge in [0.2, 0.25) is 0 Å². The van der Waals surface area contributed by atoms with Crippen LogP contribution in [0.25, 0.3) is 0 Å². The maximum atomic E-state index is 5.97. The van der Waals surface area contributed by atoms with Crippen LogP contribution in [0.15, 0.2) is 0 Å². The Morgan fingerprint density at radius 1 is 1.60 bits per heavy atom. The average molecular weight is 226 g/mol. The number of rotatable bonds is 6. The van der Waals surface area contributed by atoms with E-state index >= 15 is 0 Å². The van der Waals surface area contributed by atoms with E-state index in [-0.39, 0.29) is 0 Å². The third kappa shape index (κ3) is 3.94. The molecule has 0 spiro atoms. The van der Waals surface area contributed by atoms with Gasteiger partial charge in [-0.2, -0.15) is 0 Å². The summed E-state index contributed by atoms with van der Waals surface area (Å²) in [4.78, 5) is 7.45. The Hall–Kier alpha value is -0.980. The molecule has 0 bridgehead atoms. The Kier molecular flexibility index (Phi) is 5.23. The van der Waals surface area contributed by atoms with Crippen molar-refractivity contribution in [2.24, 2.45) is 0 Å². The molecule has 1 aromatic rings. The van der Waals surface area contributed by atoms with E-state index in [9.17, 15) is 0 Å². The molecule has 0 atom stereocenters. The zero-order chi connectivity index (χ0) is 11.1. The molecule has 0 saturated carbocycles.